The highest BCUT2D eigenvalue weighted by atomic mass is 28.4. The fourth-order valence-corrected chi connectivity index (χ4v) is 5.14. The van der Waals surface area contributed by atoms with Gasteiger partial charge in [-0.15, -0.1) is 0 Å². The molecular formula is C25H33N5O4Si. The Hall–Kier alpha value is -2.63. The average molecular weight is 496 g/mol. The highest BCUT2D eigenvalue weighted by molar-refractivity contribution is 6.74. The van der Waals surface area contributed by atoms with E-state index in [2.05, 4.69) is 48.8 Å². The van der Waals surface area contributed by atoms with Gasteiger partial charge in [0.1, 0.15) is 30.2 Å². The fraction of sp³-hybridized carbons (Fsp3) is 0.480. The third-order valence-electron chi connectivity index (χ3n) is 7.19. The van der Waals surface area contributed by atoms with Crippen LogP contribution in [0, 0.1) is 0 Å². The zero-order chi connectivity index (χ0) is 24.8. The quantitative estimate of drug-likeness (QED) is 0.508. The Labute approximate surface area is 206 Å². The lowest BCUT2D eigenvalue weighted by Gasteiger charge is -2.37. The Bertz CT molecular complexity index is 1210. The number of aromatic nitrogens is 4. The molecule has 10 heteroatoms. The van der Waals surface area contributed by atoms with Crippen LogP contribution in [0.5, 0.6) is 0 Å². The van der Waals surface area contributed by atoms with E-state index in [9.17, 15) is 0 Å². The van der Waals surface area contributed by atoms with Crippen molar-refractivity contribution in [2.24, 2.45) is 0 Å². The smallest absolute Gasteiger partial charge is 0.192 e. The highest BCUT2D eigenvalue weighted by Gasteiger charge is 2.54. The Morgan fingerprint density at radius 1 is 1.06 bits per heavy atom. The van der Waals surface area contributed by atoms with Crippen molar-refractivity contribution >= 4 is 31.4 Å². The maximum Gasteiger partial charge on any atom is 0.192 e. The molecule has 0 saturated carbocycles. The van der Waals surface area contributed by atoms with Gasteiger partial charge in [0.05, 0.1) is 12.9 Å². The van der Waals surface area contributed by atoms with E-state index in [1.807, 2.05) is 47.1 Å². The van der Waals surface area contributed by atoms with Crippen molar-refractivity contribution in [3.63, 3.8) is 0 Å². The Kier molecular flexibility index (Phi) is 6.26. The molecule has 0 amide bonds. The van der Waals surface area contributed by atoms with Crippen LogP contribution < -0.4 is 5.73 Å². The van der Waals surface area contributed by atoms with E-state index in [4.69, 9.17) is 24.4 Å². The first-order valence-corrected chi connectivity index (χ1v) is 14.8. The number of fused-ring (bicyclic) bond motifs is 2. The van der Waals surface area contributed by atoms with Crippen LogP contribution in [0.4, 0.5) is 5.82 Å². The number of imidazole rings is 1. The van der Waals surface area contributed by atoms with E-state index in [1.165, 1.54) is 6.33 Å². The first-order valence-electron chi connectivity index (χ1n) is 11.9. The van der Waals surface area contributed by atoms with Gasteiger partial charge in [0.15, 0.2) is 32.3 Å². The maximum atomic E-state index is 6.51. The number of nitrogens with two attached hydrogens (primary N) is 1. The Morgan fingerprint density at radius 2 is 1.80 bits per heavy atom. The summed E-state index contributed by atoms with van der Waals surface area (Å²) in [4.78, 5) is 12.8. The molecule has 9 nitrogen and oxygen atoms in total. The minimum absolute atomic E-state index is 0.0907. The lowest BCUT2D eigenvalue weighted by molar-refractivity contribution is -0.132. The summed E-state index contributed by atoms with van der Waals surface area (Å²) < 4.78 is 27.5. The van der Waals surface area contributed by atoms with Crippen LogP contribution in [-0.2, 0) is 18.6 Å². The first kappa shape index (κ1) is 24.1. The summed E-state index contributed by atoms with van der Waals surface area (Å²) in [5.41, 5.74) is 8.22. The average Bonchev–Trinajstić information content (AvgIpc) is 3.50. The Balaban J connectivity index is 1.41. The van der Waals surface area contributed by atoms with Crippen LogP contribution in [0.3, 0.4) is 0 Å². The number of benzene rings is 1. The molecule has 2 saturated heterocycles. The molecule has 0 bridgehead atoms. The molecule has 3 aromatic rings. The summed E-state index contributed by atoms with van der Waals surface area (Å²) in [6, 6.07) is 10.1. The third kappa shape index (κ3) is 4.64. The van der Waals surface area contributed by atoms with Gasteiger partial charge < -0.3 is 24.4 Å². The van der Waals surface area contributed by atoms with E-state index in [1.54, 1.807) is 6.33 Å². The van der Waals surface area contributed by atoms with Crippen molar-refractivity contribution in [1.29, 1.82) is 0 Å². The number of rotatable bonds is 6. The summed E-state index contributed by atoms with van der Waals surface area (Å²) in [5.74, 6) is 0.327. The van der Waals surface area contributed by atoms with Gasteiger partial charge in [0.25, 0.3) is 0 Å². The molecule has 5 atom stereocenters. The number of nitrogen functional groups attached to an aromatic ring is 1. The molecule has 0 aliphatic carbocycles. The van der Waals surface area contributed by atoms with E-state index < -0.39 is 20.8 Å². The zero-order valence-corrected chi connectivity index (χ0v) is 21.8. The van der Waals surface area contributed by atoms with Crippen LogP contribution in [0.15, 0.2) is 49.1 Å². The van der Waals surface area contributed by atoms with Crippen LogP contribution in [0.1, 0.15) is 32.6 Å². The van der Waals surface area contributed by atoms with Gasteiger partial charge in [0.2, 0.25) is 0 Å². The Morgan fingerprint density at radius 3 is 2.54 bits per heavy atom. The van der Waals surface area contributed by atoms with Gasteiger partial charge in [-0.2, -0.15) is 0 Å². The number of hydrogen-bond donors (Lipinski definition) is 1. The third-order valence-corrected chi connectivity index (χ3v) is 11.7. The van der Waals surface area contributed by atoms with Crippen LogP contribution in [-0.4, -0.2) is 59.0 Å². The van der Waals surface area contributed by atoms with Crippen molar-refractivity contribution in [3.05, 3.63) is 54.6 Å². The van der Waals surface area contributed by atoms with Gasteiger partial charge in [-0.05, 0) is 29.8 Å². The van der Waals surface area contributed by atoms with Crippen molar-refractivity contribution in [3.8, 4) is 0 Å². The predicted molar refractivity (Wildman–Crippen MR) is 136 cm³/mol. The second-order valence-corrected chi connectivity index (χ2v) is 15.4. The molecule has 5 rings (SSSR count). The number of ether oxygens (including phenoxy) is 3. The number of nitrogens with zero attached hydrogens (tertiary/aromatic N) is 4. The monoisotopic (exact) mass is 495 g/mol. The highest BCUT2D eigenvalue weighted by Crippen LogP contribution is 2.42. The minimum Gasteiger partial charge on any atom is -0.414 e. The number of anilines is 1. The van der Waals surface area contributed by atoms with Crippen molar-refractivity contribution in [2.45, 2.75) is 69.7 Å². The lowest BCUT2D eigenvalue weighted by Crippen LogP contribution is -2.44. The maximum absolute atomic E-state index is 6.51. The lowest BCUT2D eigenvalue weighted by atomic mass is 10.1. The summed E-state index contributed by atoms with van der Waals surface area (Å²) in [5, 5.41) is 0.0907. The van der Waals surface area contributed by atoms with E-state index in [-0.39, 0.29) is 23.4 Å². The second kappa shape index (κ2) is 9.10. The molecule has 35 heavy (non-hydrogen) atoms. The SMILES string of the molecule is CC(C)(C)[Si](C)(C)OCC1OC(n2cnc3c(N)ncnc32)[C@H]2O[C@@H](/C=C/c3ccccc3)OC12. The molecule has 4 heterocycles. The van der Waals surface area contributed by atoms with Crippen LogP contribution >= 0.6 is 0 Å². The normalized spacial score (nSPS) is 27.2. The second-order valence-electron chi connectivity index (χ2n) is 10.6. The van der Waals surface area contributed by atoms with Gasteiger partial charge >= 0.3 is 0 Å². The molecule has 2 aliphatic rings. The van der Waals surface area contributed by atoms with Gasteiger partial charge in [-0.25, -0.2) is 15.0 Å². The van der Waals surface area contributed by atoms with Crippen molar-refractivity contribution in [2.75, 3.05) is 12.3 Å². The van der Waals surface area contributed by atoms with Crippen molar-refractivity contribution in [1.82, 2.24) is 19.5 Å². The van der Waals surface area contributed by atoms with Gasteiger partial charge in [-0.3, -0.25) is 4.57 Å². The standard InChI is InChI=1S/C25H33N5O4Si/c1-25(2,3)35(4,5)31-13-17-20-21(34-18(33-20)12-11-16-9-7-6-8-10-16)24(32-17)30-15-29-19-22(26)27-14-28-23(19)30/h6-12,14-15,17-18,20-21,24H,13H2,1-5H3,(H2,26,27,28)/b12-11+/t17?,18-,20?,21-,24?/m0/s1. The summed E-state index contributed by atoms with van der Waals surface area (Å²) in [7, 11) is -1.98. The van der Waals surface area contributed by atoms with Gasteiger partial charge in [0, 0.05) is 0 Å². The molecule has 2 fully saturated rings. The van der Waals surface area contributed by atoms with E-state index in [0.717, 1.165) is 5.56 Å². The molecule has 3 unspecified atom stereocenters. The number of hydrogen-bond acceptors (Lipinski definition) is 8. The summed E-state index contributed by atoms with van der Waals surface area (Å²) in [6.45, 7) is 11.6. The van der Waals surface area contributed by atoms with Crippen LogP contribution in [0.25, 0.3) is 17.2 Å². The molecule has 186 valence electrons. The van der Waals surface area contributed by atoms with Crippen molar-refractivity contribution < 1.29 is 18.6 Å². The van der Waals surface area contributed by atoms with Gasteiger partial charge in [-0.1, -0.05) is 57.2 Å². The minimum atomic E-state index is -1.98. The molecule has 2 N–H and O–H groups in total. The molecule has 0 radical (unpaired) electrons. The van der Waals surface area contributed by atoms with E-state index >= 15 is 0 Å². The molecule has 2 aromatic heterocycles. The zero-order valence-electron chi connectivity index (χ0n) is 20.8. The van der Waals surface area contributed by atoms with E-state index in [0.29, 0.717) is 23.6 Å². The first-order chi connectivity index (χ1) is 16.6. The summed E-state index contributed by atoms with van der Waals surface area (Å²) >= 11 is 0. The molecule has 2 aliphatic heterocycles. The fourth-order valence-electron chi connectivity index (χ4n) is 4.13. The molecule has 1 aromatic carbocycles. The molecular weight excluding hydrogens is 462 g/mol. The summed E-state index contributed by atoms with van der Waals surface area (Å²) in [6.07, 6.45) is 5.10. The van der Waals surface area contributed by atoms with Crippen LogP contribution in [0.2, 0.25) is 18.1 Å². The topological polar surface area (TPSA) is 107 Å². The predicted octanol–water partition coefficient (Wildman–Crippen LogP) is 4.15. The largest absolute Gasteiger partial charge is 0.414 e. The molecule has 0 spiro atoms.